The highest BCUT2D eigenvalue weighted by atomic mass is 32.2. The molecule has 0 aromatic heterocycles. The summed E-state index contributed by atoms with van der Waals surface area (Å²) in [6.45, 7) is 4.23. The van der Waals surface area contributed by atoms with Gasteiger partial charge in [-0.05, 0) is 44.8 Å². The Morgan fingerprint density at radius 1 is 1.48 bits per heavy atom. The molecular weight excluding hydrogens is 280 g/mol. The van der Waals surface area contributed by atoms with Gasteiger partial charge in [0.05, 0.1) is 5.56 Å². The maximum atomic E-state index is 7.99. The topological polar surface area (TPSA) is 56.4 Å². The van der Waals surface area contributed by atoms with Crippen LogP contribution in [-0.4, -0.2) is 49.7 Å². The third-order valence-corrected chi connectivity index (χ3v) is 4.78. The Kier molecular flexibility index (Phi) is 5.53. The highest BCUT2D eigenvalue weighted by molar-refractivity contribution is 7.99. The molecule has 1 aromatic carbocycles. The zero-order valence-electron chi connectivity index (χ0n) is 13.2. The highest BCUT2D eigenvalue weighted by Gasteiger charge is 2.28. The normalized spacial score (nSPS) is 18.5. The van der Waals surface area contributed by atoms with Crippen molar-refractivity contribution in [3.8, 4) is 0 Å². The van der Waals surface area contributed by atoms with E-state index in [-0.39, 0.29) is 5.84 Å². The summed E-state index contributed by atoms with van der Waals surface area (Å²) in [5, 5.41) is 7.99. The summed E-state index contributed by atoms with van der Waals surface area (Å²) in [5.41, 5.74) is 7.93. The molecule has 1 unspecified atom stereocenters. The average Bonchev–Trinajstić information content (AvgIpc) is 2.85. The summed E-state index contributed by atoms with van der Waals surface area (Å²) in [6, 6.07) is 6.79. The molecule has 0 amide bonds. The SMILES string of the molecule is CCSc1cccc(N2CCCC2CN(C)C)c1C(=N)N. The lowest BCUT2D eigenvalue weighted by molar-refractivity contribution is 0.372. The molecule has 0 bridgehead atoms. The summed E-state index contributed by atoms with van der Waals surface area (Å²) in [6.07, 6.45) is 2.42. The van der Waals surface area contributed by atoms with Crippen molar-refractivity contribution in [1.82, 2.24) is 4.90 Å². The van der Waals surface area contributed by atoms with E-state index in [1.807, 2.05) is 0 Å². The zero-order chi connectivity index (χ0) is 15.4. The molecule has 5 heteroatoms. The van der Waals surface area contributed by atoms with Crippen molar-refractivity contribution in [3.63, 3.8) is 0 Å². The van der Waals surface area contributed by atoms with Gasteiger partial charge in [-0.15, -0.1) is 11.8 Å². The van der Waals surface area contributed by atoms with Crippen LogP contribution in [-0.2, 0) is 0 Å². The minimum Gasteiger partial charge on any atom is -0.384 e. The fraction of sp³-hybridized carbons (Fsp3) is 0.562. The van der Waals surface area contributed by atoms with Crippen LogP contribution in [0.15, 0.2) is 23.1 Å². The Hall–Kier alpha value is -1.20. The van der Waals surface area contributed by atoms with E-state index in [2.05, 4.69) is 49.0 Å². The number of hydrogen-bond acceptors (Lipinski definition) is 4. The van der Waals surface area contributed by atoms with E-state index in [0.29, 0.717) is 6.04 Å². The van der Waals surface area contributed by atoms with E-state index in [4.69, 9.17) is 11.1 Å². The maximum Gasteiger partial charge on any atom is 0.126 e. The van der Waals surface area contributed by atoms with Gasteiger partial charge >= 0.3 is 0 Å². The van der Waals surface area contributed by atoms with E-state index in [0.717, 1.165) is 35.0 Å². The molecule has 1 saturated heterocycles. The van der Waals surface area contributed by atoms with E-state index < -0.39 is 0 Å². The Morgan fingerprint density at radius 2 is 2.24 bits per heavy atom. The van der Waals surface area contributed by atoms with Gasteiger partial charge in [0.1, 0.15) is 5.84 Å². The first-order valence-electron chi connectivity index (χ1n) is 7.56. The Labute approximate surface area is 132 Å². The van der Waals surface area contributed by atoms with Crippen molar-refractivity contribution in [1.29, 1.82) is 5.41 Å². The molecule has 2 rings (SSSR count). The van der Waals surface area contributed by atoms with Crippen molar-refractivity contribution < 1.29 is 0 Å². The molecule has 0 saturated carbocycles. The summed E-state index contributed by atoms with van der Waals surface area (Å²) >= 11 is 1.76. The molecule has 1 aromatic rings. The number of benzene rings is 1. The van der Waals surface area contributed by atoms with Crippen LogP contribution in [0.25, 0.3) is 0 Å². The van der Waals surface area contributed by atoms with Gasteiger partial charge in [0.2, 0.25) is 0 Å². The van der Waals surface area contributed by atoms with Crippen LogP contribution in [0, 0.1) is 5.41 Å². The van der Waals surface area contributed by atoms with E-state index in [1.165, 1.54) is 12.8 Å². The lowest BCUT2D eigenvalue weighted by Gasteiger charge is -2.31. The molecule has 1 fully saturated rings. The number of rotatable bonds is 6. The first kappa shape index (κ1) is 16.2. The first-order chi connectivity index (χ1) is 10.0. The number of anilines is 1. The maximum absolute atomic E-state index is 7.99. The van der Waals surface area contributed by atoms with Gasteiger partial charge in [-0.2, -0.15) is 0 Å². The smallest absolute Gasteiger partial charge is 0.126 e. The van der Waals surface area contributed by atoms with Gasteiger partial charge in [-0.1, -0.05) is 13.0 Å². The summed E-state index contributed by atoms with van der Waals surface area (Å²) in [5.74, 6) is 1.17. The predicted octanol–water partition coefficient (Wildman–Crippen LogP) is 2.61. The second-order valence-electron chi connectivity index (χ2n) is 5.75. The monoisotopic (exact) mass is 306 g/mol. The number of amidine groups is 1. The molecule has 0 radical (unpaired) electrons. The third-order valence-electron chi connectivity index (χ3n) is 3.84. The molecule has 0 aliphatic carbocycles. The number of nitrogen functional groups attached to an aromatic ring is 1. The highest BCUT2D eigenvalue weighted by Crippen LogP contribution is 2.34. The van der Waals surface area contributed by atoms with Crippen LogP contribution in [0.1, 0.15) is 25.3 Å². The van der Waals surface area contributed by atoms with Crippen molar-refractivity contribution in [2.24, 2.45) is 5.73 Å². The molecular formula is C16H26N4S. The van der Waals surface area contributed by atoms with Crippen LogP contribution in [0.4, 0.5) is 5.69 Å². The third kappa shape index (κ3) is 3.71. The summed E-state index contributed by atoms with van der Waals surface area (Å²) in [7, 11) is 4.23. The van der Waals surface area contributed by atoms with Crippen LogP contribution in [0.5, 0.6) is 0 Å². The Morgan fingerprint density at radius 3 is 2.86 bits per heavy atom. The molecule has 1 atom stereocenters. The number of thioether (sulfide) groups is 1. The molecule has 1 heterocycles. The van der Waals surface area contributed by atoms with Crippen molar-refractivity contribution in [2.45, 2.75) is 30.7 Å². The summed E-state index contributed by atoms with van der Waals surface area (Å²) < 4.78 is 0. The van der Waals surface area contributed by atoms with E-state index >= 15 is 0 Å². The van der Waals surface area contributed by atoms with E-state index in [1.54, 1.807) is 11.8 Å². The number of nitrogens with zero attached hydrogens (tertiary/aromatic N) is 2. The second-order valence-corrected chi connectivity index (χ2v) is 7.05. The van der Waals surface area contributed by atoms with Gasteiger partial charge in [-0.3, -0.25) is 5.41 Å². The fourth-order valence-electron chi connectivity index (χ4n) is 3.07. The van der Waals surface area contributed by atoms with E-state index in [9.17, 15) is 0 Å². The predicted molar refractivity (Wildman–Crippen MR) is 92.8 cm³/mol. The lowest BCUT2D eigenvalue weighted by Crippen LogP contribution is -2.38. The van der Waals surface area contributed by atoms with Gasteiger partial charge in [0.25, 0.3) is 0 Å². The summed E-state index contributed by atoms with van der Waals surface area (Å²) in [4.78, 5) is 5.80. The lowest BCUT2D eigenvalue weighted by atomic mass is 10.1. The standard InChI is InChI=1S/C16H26N4S/c1-4-21-14-9-5-8-13(15(14)16(17)18)20-10-6-7-12(20)11-19(2)3/h5,8-9,12H,4,6-7,10-11H2,1-3H3,(H3,17,18). The van der Waals surface area contributed by atoms with Crippen LogP contribution >= 0.6 is 11.8 Å². The minimum absolute atomic E-state index is 0.178. The van der Waals surface area contributed by atoms with Gasteiger partial charge in [0, 0.05) is 29.7 Å². The molecule has 116 valence electrons. The first-order valence-corrected chi connectivity index (χ1v) is 8.54. The van der Waals surface area contributed by atoms with Crippen LogP contribution in [0.2, 0.25) is 0 Å². The van der Waals surface area contributed by atoms with Gasteiger partial charge in [-0.25, -0.2) is 0 Å². The molecule has 1 aliphatic rings. The Bertz CT molecular complexity index is 501. The Balaban J connectivity index is 2.38. The number of nitrogens with one attached hydrogen (secondary N) is 1. The number of likely N-dealkylation sites (N-methyl/N-ethyl adjacent to an activating group) is 1. The van der Waals surface area contributed by atoms with Crippen molar-refractivity contribution in [3.05, 3.63) is 23.8 Å². The molecule has 0 spiro atoms. The number of nitrogens with two attached hydrogens (primary N) is 1. The minimum atomic E-state index is 0.178. The van der Waals surface area contributed by atoms with Crippen molar-refractivity contribution >= 4 is 23.3 Å². The largest absolute Gasteiger partial charge is 0.384 e. The molecule has 4 nitrogen and oxygen atoms in total. The zero-order valence-corrected chi connectivity index (χ0v) is 14.0. The molecule has 21 heavy (non-hydrogen) atoms. The van der Waals surface area contributed by atoms with Crippen LogP contribution in [0.3, 0.4) is 0 Å². The molecule has 3 N–H and O–H groups in total. The number of hydrogen-bond donors (Lipinski definition) is 2. The van der Waals surface area contributed by atoms with Gasteiger partial charge in [0.15, 0.2) is 0 Å². The molecule has 1 aliphatic heterocycles. The second kappa shape index (κ2) is 7.18. The average molecular weight is 306 g/mol. The fourth-order valence-corrected chi connectivity index (χ4v) is 3.91. The quantitative estimate of drug-likeness (QED) is 0.482. The van der Waals surface area contributed by atoms with Crippen molar-refractivity contribution in [2.75, 3.05) is 37.8 Å². The van der Waals surface area contributed by atoms with Crippen LogP contribution < -0.4 is 10.6 Å². The van der Waals surface area contributed by atoms with Gasteiger partial charge < -0.3 is 15.5 Å².